The Labute approximate surface area is 117 Å². The van der Waals surface area contributed by atoms with E-state index in [1.165, 1.54) is 31.2 Å². The summed E-state index contributed by atoms with van der Waals surface area (Å²) in [4.78, 5) is 0. The average molecular weight is 261 g/mol. The third-order valence-corrected chi connectivity index (χ3v) is 4.30. The second-order valence-electron chi connectivity index (χ2n) is 5.94. The van der Waals surface area contributed by atoms with E-state index in [-0.39, 0.29) is 0 Å². The molecule has 1 atom stereocenters. The van der Waals surface area contributed by atoms with Gasteiger partial charge in [0.25, 0.3) is 0 Å². The molecule has 1 aromatic carbocycles. The summed E-state index contributed by atoms with van der Waals surface area (Å²) in [5.41, 5.74) is 1.31. The van der Waals surface area contributed by atoms with Crippen molar-refractivity contribution in [3.8, 4) is 5.75 Å². The molecule has 1 unspecified atom stereocenters. The maximum atomic E-state index is 6.10. The average Bonchev–Trinajstić information content (AvgIpc) is 2.94. The SMILES string of the molecule is CNC(COc1ccccc1C(C)C)C1CCCC1. The first-order valence-corrected chi connectivity index (χ1v) is 7.61. The van der Waals surface area contributed by atoms with E-state index in [9.17, 15) is 0 Å². The molecular formula is C17H27NO. The first-order chi connectivity index (χ1) is 9.22. The molecule has 2 nitrogen and oxygen atoms in total. The van der Waals surface area contributed by atoms with Crippen molar-refractivity contribution in [3.05, 3.63) is 29.8 Å². The van der Waals surface area contributed by atoms with Gasteiger partial charge in [-0.25, -0.2) is 0 Å². The number of hydrogen-bond acceptors (Lipinski definition) is 2. The van der Waals surface area contributed by atoms with Gasteiger partial charge in [-0.3, -0.25) is 0 Å². The summed E-state index contributed by atoms with van der Waals surface area (Å²) in [5, 5.41) is 3.44. The number of hydrogen-bond donors (Lipinski definition) is 1. The number of benzene rings is 1. The van der Waals surface area contributed by atoms with Gasteiger partial charge in [-0.15, -0.1) is 0 Å². The molecule has 1 N–H and O–H groups in total. The van der Waals surface area contributed by atoms with E-state index < -0.39 is 0 Å². The van der Waals surface area contributed by atoms with Crippen LogP contribution in [0.1, 0.15) is 51.0 Å². The van der Waals surface area contributed by atoms with Gasteiger partial charge in [0.15, 0.2) is 0 Å². The predicted octanol–water partition coefficient (Wildman–Crippen LogP) is 3.97. The van der Waals surface area contributed by atoms with Gasteiger partial charge in [-0.2, -0.15) is 0 Å². The van der Waals surface area contributed by atoms with Crippen LogP contribution in [0, 0.1) is 5.92 Å². The molecule has 2 rings (SSSR count). The molecule has 0 saturated heterocycles. The Hall–Kier alpha value is -1.02. The van der Waals surface area contributed by atoms with Crippen LogP contribution < -0.4 is 10.1 Å². The van der Waals surface area contributed by atoms with Crippen LogP contribution in [0.5, 0.6) is 5.75 Å². The van der Waals surface area contributed by atoms with Gasteiger partial charge >= 0.3 is 0 Å². The van der Waals surface area contributed by atoms with Crippen LogP contribution in [0.2, 0.25) is 0 Å². The van der Waals surface area contributed by atoms with Crippen LogP contribution in [0.3, 0.4) is 0 Å². The zero-order valence-corrected chi connectivity index (χ0v) is 12.5. The quantitative estimate of drug-likeness (QED) is 0.836. The minimum Gasteiger partial charge on any atom is -0.492 e. The van der Waals surface area contributed by atoms with Crippen molar-refractivity contribution in [3.63, 3.8) is 0 Å². The lowest BCUT2D eigenvalue weighted by atomic mass is 9.99. The minimum absolute atomic E-state index is 0.489. The normalized spacial score (nSPS) is 17.9. The van der Waals surface area contributed by atoms with Crippen molar-refractivity contribution in [2.75, 3.05) is 13.7 Å². The Morgan fingerprint density at radius 3 is 2.53 bits per heavy atom. The Morgan fingerprint density at radius 2 is 1.89 bits per heavy atom. The van der Waals surface area contributed by atoms with E-state index in [0.717, 1.165) is 18.3 Å². The van der Waals surface area contributed by atoms with E-state index in [1.807, 2.05) is 0 Å². The van der Waals surface area contributed by atoms with Crippen molar-refractivity contribution in [2.24, 2.45) is 5.92 Å². The molecule has 0 spiro atoms. The number of likely N-dealkylation sites (N-methyl/N-ethyl adjacent to an activating group) is 1. The van der Waals surface area contributed by atoms with E-state index >= 15 is 0 Å². The molecule has 0 radical (unpaired) electrons. The monoisotopic (exact) mass is 261 g/mol. The molecule has 1 aromatic rings. The van der Waals surface area contributed by atoms with Crippen LogP contribution in [0.4, 0.5) is 0 Å². The smallest absolute Gasteiger partial charge is 0.122 e. The lowest BCUT2D eigenvalue weighted by Gasteiger charge is -2.24. The van der Waals surface area contributed by atoms with Gasteiger partial charge in [0, 0.05) is 6.04 Å². The second-order valence-corrected chi connectivity index (χ2v) is 5.94. The molecule has 0 bridgehead atoms. The lowest BCUT2D eigenvalue weighted by molar-refractivity contribution is 0.223. The molecule has 0 aliphatic heterocycles. The van der Waals surface area contributed by atoms with Crippen LogP contribution in [0.25, 0.3) is 0 Å². The number of nitrogens with one attached hydrogen (secondary N) is 1. The molecule has 106 valence electrons. The molecule has 0 aromatic heterocycles. The van der Waals surface area contributed by atoms with Crippen molar-refractivity contribution in [2.45, 2.75) is 51.5 Å². The Morgan fingerprint density at radius 1 is 1.21 bits per heavy atom. The Bertz CT molecular complexity index is 383. The van der Waals surface area contributed by atoms with Gasteiger partial charge in [0.1, 0.15) is 12.4 Å². The summed E-state index contributed by atoms with van der Waals surface area (Å²) >= 11 is 0. The molecule has 1 aliphatic carbocycles. The van der Waals surface area contributed by atoms with Gasteiger partial charge < -0.3 is 10.1 Å². The maximum Gasteiger partial charge on any atom is 0.122 e. The van der Waals surface area contributed by atoms with Gasteiger partial charge in [0.05, 0.1) is 0 Å². The Balaban J connectivity index is 1.97. The topological polar surface area (TPSA) is 21.3 Å². The van der Waals surface area contributed by atoms with Crippen molar-refractivity contribution in [1.29, 1.82) is 0 Å². The van der Waals surface area contributed by atoms with Crippen molar-refractivity contribution < 1.29 is 4.74 Å². The summed E-state index contributed by atoms with van der Waals surface area (Å²) in [6.07, 6.45) is 5.46. The molecular weight excluding hydrogens is 234 g/mol. The number of rotatable bonds is 6. The molecule has 1 aliphatic rings. The fourth-order valence-corrected chi connectivity index (χ4v) is 3.08. The molecule has 1 saturated carbocycles. The van der Waals surface area contributed by atoms with Gasteiger partial charge in [-0.05, 0) is 43.4 Å². The highest BCUT2D eigenvalue weighted by Gasteiger charge is 2.24. The van der Waals surface area contributed by atoms with Crippen LogP contribution in [-0.2, 0) is 0 Å². The highest BCUT2D eigenvalue weighted by molar-refractivity contribution is 5.35. The first-order valence-electron chi connectivity index (χ1n) is 7.61. The van der Waals surface area contributed by atoms with E-state index in [1.54, 1.807) is 0 Å². The van der Waals surface area contributed by atoms with Gasteiger partial charge in [0.2, 0.25) is 0 Å². The van der Waals surface area contributed by atoms with Crippen LogP contribution in [-0.4, -0.2) is 19.7 Å². The first kappa shape index (κ1) is 14.4. The zero-order valence-electron chi connectivity index (χ0n) is 12.5. The lowest BCUT2D eigenvalue weighted by Crippen LogP contribution is -2.37. The Kier molecular flexibility index (Phi) is 5.26. The second kappa shape index (κ2) is 6.95. The standard InChI is InChI=1S/C17H27NO/c1-13(2)15-10-6-7-11-17(15)19-12-16(18-3)14-8-4-5-9-14/h6-7,10-11,13-14,16,18H,4-5,8-9,12H2,1-3H3. The number of para-hydroxylation sites is 1. The fourth-order valence-electron chi connectivity index (χ4n) is 3.08. The largest absolute Gasteiger partial charge is 0.492 e. The molecule has 0 heterocycles. The minimum atomic E-state index is 0.489. The molecule has 2 heteroatoms. The zero-order chi connectivity index (χ0) is 13.7. The van der Waals surface area contributed by atoms with Crippen LogP contribution in [0.15, 0.2) is 24.3 Å². The summed E-state index contributed by atoms with van der Waals surface area (Å²) < 4.78 is 6.10. The van der Waals surface area contributed by atoms with Crippen LogP contribution >= 0.6 is 0 Å². The van der Waals surface area contributed by atoms with Crippen molar-refractivity contribution in [1.82, 2.24) is 5.32 Å². The predicted molar refractivity (Wildman–Crippen MR) is 80.8 cm³/mol. The third kappa shape index (κ3) is 3.73. The third-order valence-electron chi connectivity index (χ3n) is 4.30. The van der Waals surface area contributed by atoms with E-state index in [2.05, 4.69) is 50.5 Å². The number of ether oxygens (including phenoxy) is 1. The van der Waals surface area contributed by atoms with Crippen molar-refractivity contribution >= 4 is 0 Å². The summed E-state index contributed by atoms with van der Waals surface area (Å²) in [7, 11) is 2.06. The molecule has 19 heavy (non-hydrogen) atoms. The van der Waals surface area contributed by atoms with Gasteiger partial charge in [-0.1, -0.05) is 44.9 Å². The summed E-state index contributed by atoms with van der Waals surface area (Å²) in [5.74, 6) is 2.35. The summed E-state index contributed by atoms with van der Waals surface area (Å²) in [6.45, 7) is 5.22. The fraction of sp³-hybridized carbons (Fsp3) is 0.647. The molecule has 1 fully saturated rings. The van der Waals surface area contributed by atoms with E-state index in [0.29, 0.717) is 12.0 Å². The van der Waals surface area contributed by atoms with E-state index in [4.69, 9.17) is 4.74 Å². The highest BCUT2D eigenvalue weighted by atomic mass is 16.5. The highest BCUT2D eigenvalue weighted by Crippen LogP contribution is 2.29. The maximum absolute atomic E-state index is 6.10. The molecule has 0 amide bonds. The summed E-state index contributed by atoms with van der Waals surface area (Å²) in [6, 6.07) is 8.91.